The zero-order valence-corrected chi connectivity index (χ0v) is 17.6. The van der Waals surface area contributed by atoms with Crippen LogP contribution in [0, 0.1) is 5.92 Å². The Balaban J connectivity index is 1.48. The lowest BCUT2D eigenvalue weighted by Crippen LogP contribution is -2.46. The highest BCUT2D eigenvalue weighted by atomic mass is 16.1. The first-order chi connectivity index (χ1) is 14.1. The molecule has 29 heavy (non-hydrogen) atoms. The largest absolute Gasteiger partial charge is 0.368 e. The molecule has 1 aliphatic heterocycles. The van der Waals surface area contributed by atoms with Gasteiger partial charge in [0.15, 0.2) is 0 Å². The second-order valence-electron chi connectivity index (χ2n) is 7.97. The molecular formula is C24H32N4O. The summed E-state index contributed by atoms with van der Waals surface area (Å²) in [4.78, 5) is 21.4. The highest BCUT2D eigenvalue weighted by Gasteiger charge is 2.17. The van der Waals surface area contributed by atoms with Crippen molar-refractivity contribution < 1.29 is 4.79 Å². The number of aromatic nitrogens is 1. The maximum absolute atomic E-state index is 12.4. The van der Waals surface area contributed by atoms with E-state index in [0.717, 1.165) is 44.8 Å². The molecule has 5 heteroatoms. The molecule has 5 nitrogen and oxygen atoms in total. The molecule has 3 rings (SSSR count). The Bertz CT molecular complexity index is 796. The third-order valence-electron chi connectivity index (χ3n) is 5.20. The fraction of sp³-hybridized carbons (Fsp3) is 0.417. The fourth-order valence-electron chi connectivity index (χ4n) is 3.39. The number of rotatable bonds is 8. The van der Waals surface area contributed by atoms with Crippen molar-refractivity contribution in [2.75, 3.05) is 44.2 Å². The zero-order chi connectivity index (χ0) is 20.5. The SMILES string of the molecule is CC(C)CCNC(=O)c1cncc(N2CCN(C/C=C/c3ccccc3)CC2)c1. The van der Waals surface area contributed by atoms with E-state index in [2.05, 4.69) is 70.4 Å². The van der Waals surface area contributed by atoms with E-state index in [1.54, 1.807) is 6.20 Å². The fourth-order valence-corrected chi connectivity index (χ4v) is 3.39. The molecule has 1 aromatic heterocycles. The first-order valence-electron chi connectivity index (χ1n) is 10.5. The molecule has 0 unspecified atom stereocenters. The van der Waals surface area contributed by atoms with Crippen molar-refractivity contribution in [2.24, 2.45) is 5.92 Å². The second-order valence-corrected chi connectivity index (χ2v) is 7.97. The van der Waals surface area contributed by atoms with Gasteiger partial charge in [-0.3, -0.25) is 14.7 Å². The van der Waals surface area contributed by atoms with Crippen LogP contribution in [-0.2, 0) is 0 Å². The molecule has 1 N–H and O–H groups in total. The highest BCUT2D eigenvalue weighted by Crippen LogP contribution is 2.17. The molecule has 0 spiro atoms. The molecule has 0 radical (unpaired) electrons. The highest BCUT2D eigenvalue weighted by molar-refractivity contribution is 5.94. The monoisotopic (exact) mass is 392 g/mol. The van der Waals surface area contributed by atoms with Gasteiger partial charge in [-0.15, -0.1) is 0 Å². The number of benzene rings is 1. The van der Waals surface area contributed by atoms with E-state index in [1.807, 2.05) is 18.3 Å². The van der Waals surface area contributed by atoms with Crippen LogP contribution in [0.3, 0.4) is 0 Å². The standard InChI is InChI=1S/C24H32N4O/c1-20(2)10-11-26-24(29)22-17-23(19-25-18-22)28-15-13-27(14-16-28)12-6-9-21-7-4-3-5-8-21/h3-9,17-20H,10-16H2,1-2H3,(H,26,29)/b9-6+. The third kappa shape index (κ3) is 6.71. The van der Waals surface area contributed by atoms with Crippen molar-refractivity contribution in [3.05, 3.63) is 66.0 Å². The van der Waals surface area contributed by atoms with Crippen molar-refractivity contribution in [3.8, 4) is 0 Å². The molecule has 0 aliphatic carbocycles. The van der Waals surface area contributed by atoms with Crippen LogP contribution in [-0.4, -0.2) is 55.1 Å². The van der Waals surface area contributed by atoms with E-state index in [0.29, 0.717) is 18.0 Å². The average molecular weight is 393 g/mol. The minimum atomic E-state index is -0.0373. The van der Waals surface area contributed by atoms with Crippen LogP contribution in [0.2, 0.25) is 0 Å². The lowest BCUT2D eigenvalue weighted by Gasteiger charge is -2.35. The minimum Gasteiger partial charge on any atom is -0.368 e. The molecule has 1 fully saturated rings. The Morgan fingerprint density at radius 1 is 1.14 bits per heavy atom. The molecule has 1 aliphatic rings. The summed E-state index contributed by atoms with van der Waals surface area (Å²) < 4.78 is 0. The Morgan fingerprint density at radius 2 is 1.90 bits per heavy atom. The summed E-state index contributed by atoms with van der Waals surface area (Å²) in [6, 6.07) is 12.4. The number of piperazine rings is 1. The number of amides is 1. The molecule has 0 saturated carbocycles. The molecule has 1 saturated heterocycles. The maximum Gasteiger partial charge on any atom is 0.252 e. The van der Waals surface area contributed by atoms with E-state index >= 15 is 0 Å². The van der Waals surface area contributed by atoms with E-state index in [9.17, 15) is 4.79 Å². The van der Waals surface area contributed by atoms with E-state index in [4.69, 9.17) is 0 Å². The molecule has 0 atom stereocenters. The quantitative estimate of drug-likeness (QED) is 0.744. The Kier molecular flexibility index (Phi) is 7.82. The lowest BCUT2D eigenvalue weighted by atomic mass is 10.1. The lowest BCUT2D eigenvalue weighted by molar-refractivity contribution is 0.0951. The van der Waals surface area contributed by atoms with Gasteiger partial charge in [-0.1, -0.05) is 56.3 Å². The van der Waals surface area contributed by atoms with Crippen LogP contribution in [0.5, 0.6) is 0 Å². The summed E-state index contributed by atoms with van der Waals surface area (Å²) in [6.07, 6.45) is 8.90. The molecular weight excluding hydrogens is 360 g/mol. The number of carbonyl (C=O) groups excluding carboxylic acids is 1. The van der Waals surface area contributed by atoms with Gasteiger partial charge in [0.2, 0.25) is 0 Å². The number of hydrogen-bond acceptors (Lipinski definition) is 4. The molecule has 1 amide bonds. The maximum atomic E-state index is 12.4. The second kappa shape index (κ2) is 10.8. The molecule has 2 aromatic rings. The number of pyridine rings is 1. The van der Waals surface area contributed by atoms with E-state index in [1.165, 1.54) is 5.56 Å². The van der Waals surface area contributed by atoms with Gasteiger partial charge in [0, 0.05) is 45.5 Å². The molecule has 0 bridgehead atoms. The summed E-state index contributed by atoms with van der Waals surface area (Å²) in [5.41, 5.74) is 2.90. The first-order valence-corrected chi connectivity index (χ1v) is 10.5. The summed E-state index contributed by atoms with van der Waals surface area (Å²) in [5, 5.41) is 2.99. The summed E-state index contributed by atoms with van der Waals surface area (Å²) in [6.45, 7) is 9.87. The van der Waals surface area contributed by atoms with Gasteiger partial charge < -0.3 is 10.2 Å². The molecule has 2 heterocycles. The van der Waals surface area contributed by atoms with Crippen molar-refractivity contribution in [1.82, 2.24) is 15.2 Å². The van der Waals surface area contributed by atoms with Gasteiger partial charge in [-0.25, -0.2) is 0 Å². The normalized spacial score (nSPS) is 15.2. The van der Waals surface area contributed by atoms with Gasteiger partial charge in [0.25, 0.3) is 5.91 Å². The van der Waals surface area contributed by atoms with Gasteiger partial charge in [-0.2, -0.15) is 0 Å². The van der Waals surface area contributed by atoms with Gasteiger partial charge >= 0.3 is 0 Å². The van der Waals surface area contributed by atoms with Crippen LogP contribution in [0.4, 0.5) is 5.69 Å². The number of carbonyl (C=O) groups is 1. The topological polar surface area (TPSA) is 48.5 Å². The van der Waals surface area contributed by atoms with Crippen LogP contribution in [0.25, 0.3) is 6.08 Å². The minimum absolute atomic E-state index is 0.0373. The number of anilines is 1. The van der Waals surface area contributed by atoms with E-state index in [-0.39, 0.29) is 5.91 Å². The van der Waals surface area contributed by atoms with Gasteiger partial charge in [0.1, 0.15) is 0 Å². The van der Waals surface area contributed by atoms with Gasteiger partial charge in [-0.05, 0) is 24.0 Å². The van der Waals surface area contributed by atoms with Crippen LogP contribution in [0.15, 0.2) is 54.9 Å². The third-order valence-corrected chi connectivity index (χ3v) is 5.20. The molecule has 1 aromatic carbocycles. The zero-order valence-electron chi connectivity index (χ0n) is 17.6. The van der Waals surface area contributed by atoms with Crippen molar-refractivity contribution in [2.45, 2.75) is 20.3 Å². The van der Waals surface area contributed by atoms with Crippen molar-refractivity contribution >= 4 is 17.7 Å². The smallest absolute Gasteiger partial charge is 0.252 e. The van der Waals surface area contributed by atoms with Gasteiger partial charge in [0.05, 0.1) is 17.4 Å². The summed E-state index contributed by atoms with van der Waals surface area (Å²) >= 11 is 0. The predicted octanol–water partition coefficient (Wildman–Crippen LogP) is 3.69. The van der Waals surface area contributed by atoms with Crippen LogP contribution < -0.4 is 10.2 Å². The van der Waals surface area contributed by atoms with Crippen LogP contribution in [0.1, 0.15) is 36.2 Å². The first kappa shape index (κ1) is 21.1. The van der Waals surface area contributed by atoms with Crippen LogP contribution >= 0.6 is 0 Å². The van der Waals surface area contributed by atoms with Crippen molar-refractivity contribution in [1.29, 1.82) is 0 Å². The molecule has 154 valence electrons. The Labute approximate surface area is 174 Å². The predicted molar refractivity (Wildman–Crippen MR) is 120 cm³/mol. The number of nitrogens with zero attached hydrogens (tertiary/aromatic N) is 3. The summed E-state index contributed by atoms with van der Waals surface area (Å²) in [7, 11) is 0. The summed E-state index contributed by atoms with van der Waals surface area (Å²) in [5.74, 6) is 0.545. The number of hydrogen-bond donors (Lipinski definition) is 1. The number of nitrogens with one attached hydrogen (secondary N) is 1. The van der Waals surface area contributed by atoms with E-state index < -0.39 is 0 Å². The van der Waals surface area contributed by atoms with Crippen molar-refractivity contribution in [3.63, 3.8) is 0 Å². The Hall–Kier alpha value is -2.66. The Morgan fingerprint density at radius 3 is 2.62 bits per heavy atom. The average Bonchev–Trinajstić information content (AvgIpc) is 2.75.